The van der Waals surface area contributed by atoms with Crippen LogP contribution < -0.4 is 4.74 Å². The van der Waals surface area contributed by atoms with Crippen molar-refractivity contribution in [3.63, 3.8) is 0 Å². The summed E-state index contributed by atoms with van der Waals surface area (Å²) < 4.78 is 5.63. The summed E-state index contributed by atoms with van der Waals surface area (Å²) in [6.07, 6.45) is 2.66. The standard InChI is InChI=1S/C22H27NO3/c1-15-11-12-16(2)18(14-15)21(17-8-4-5-10-20(17)26-3)23-13-7-6-9-19(23)22(24)25/h4-5,8,10-12,14,19,21H,6-7,9,13H2,1-3H3,(H,24,25). The Labute approximate surface area is 155 Å². The molecule has 0 amide bonds. The lowest BCUT2D eigenvalue weighted by molar-refractivity contribution is -0.145. The maximum atomic E-state index is 12.0. The lowest BCUT2D eigenvalue weighted by Gasteiger charge is -2.40. The van der Waals surface area contributed by atoms with E-state index in [1.807, 2.05) is 18.2 Å². The van der Waals surface area contributed by atoms with Crippen molar-refractivity contribution in [1.82, 2.24) is 4.90 Å². The molecule has 4 heteroatoms. The third-order valence-corrected chi connectivity index (χ3v) is 5.32. The smallest absolute Gasteiger partial charge is 0.320 e. The van der Waals surface area contributed by atoms with Crippen molar-refractivity contribution >= 4 is 5.97 Å². The first kappa shape index (κ1) is 18.5. The Bertz CT molecular complexity index is 787. The normalized spacial score (nSPS) is 19.1. The van der Waals surface area contributed by atoms with Gasteiger partial charge in [0.05, 0.1) is 13.2 Å². The van der Waals surface area contributed by atoms with E-state index in [0.717, 1.165) is 36.3 Å². The summed E-state index contributed by atoms with van der Waals surface area (Å²) in [5, 5.41) is 9.83. The van der Waals surface area contributed by atoms with Crippen LogP contribution in [0.4, 0.5) is 0 Å². The number of aryl methyl sites for hydroxylation is 2. The first-order valence-corrected chi connectivity index (χ1v) is 9.21. The third-order valence-electron chi connectivity index (χ3n) is 5.32. The van der Waals surface area contributed by atoms with E-state index in [2.05, 4.69) is 43.0 Å². The second kappa shape index (κ2) is 7.92. The quantitative estimate of drug-likeness (QED) is 0.869. The first-order chi connectivity index (χ1) is 12.5. The molecule has 1 aliphatic rings. The van der Waals surface area contributed by atoms with Crippen molar-refractivity contribution in [2.24, 2.45) is 0 Å². The van der Waals surface area contributed by atoms with Gasteiger partial charge in [0.15, 0.2) is 0 Å². The van der Waals surface area contributed by atoms with Crippen molar-refractivity contribution in [2.75, 3.05) is 13.7 Å². The van der Waals surface area contributed by atoms with E-state index >= 15 is 0 Å². The fraction of sp³-hybridized carbons (Fsp3) is 0.409. The van der Waals surface area contributed by atoms with Crippen LogP contribution in [0.25, 0.3) is 0 Å². The van der Waals surface area contributed by atoms with Crippen LogP contribution in [0.5, 0.6) is 5.75 Å². The topological polar surface area (TPSA) is 49.8 Å². The molecule has 1 N–H and O–H groups in total. The number of likely N-dealkylation sites (tertiary alicyclic amines) is 1. The number of benzene rings is 2. The van der Waals surface area contributed by atoms with Crippen LogP contribution in [0.2, 0.25) is 0 Å². The number of nitrogens with zero attached hydrogens (tertiary/aromatic N) is 1. The van der Waals surface area contributed by atoms with Gasteiger partial charge in [0.1, 0.15) is 11.8 Å². The van der Waals surface area contributed by atoms with Crippen molar-refractivity contribution < 1.29 is 14.6 Å². The molecule has 2 aromatic carbocycles. The molecule has 1 saturated heterocycles. The van der Waals surface area contributed by atoms with Gasteiger partial charge in [-0.2, -0.15) is 0 Å². The zero-order valence-electron chi connectivity index (χ0n) is 15.7. The fourth-order valence-corrected chi connectivity index (χ4v) is 4.00. The van der Waals surface area contributed by atoms with E-state index in [4.69, 9.17) is 4.74 Å². The molecule has 3 rings (SSSR count). The average Bonchev–Trinajstić information content (AvgIpc) is 2.65. The monoisotopic (exact) mass is 353 g/mol. The minimum Gasteiger partial charge on any atom is -0.496 e. The average molecular weight is 353 g/mol. The van der Waals surface area contributed by atoms with Crippen molar-refractivity contribution in [1.29, 1.82) is 0 Å². The summed E-state index contributed by atoms with van der Waals surface area (Å²) in [6, 6.07) is 13.7. The first-order valence-electron chi connectivity index (χ1n) is 9.21. The van der Waals surface area contributed by atoms with E-state index in [9.17, 15) is 9.90 Å². The van der Waals surface area contributed by atoms with Gasteiger partial charge in [0.25, 0.3) is 0 Å². The summed E-state index contributed by atoms with van der Waals surface area (Å²) in [5.74, 6) is 0.0584. The number of hydrogen-bond acceptors (Lipinski definition) is 3. The van der Waals surface area contributed by atoms with Crippen LogP contribution in [0.3, 0.4) is 0 Å². The number of hydrogen-bond donors (Lipinski definition) is 1. The SMILES string of the molecule is COc1ccccc1C(c1cc(C)ccc1C)N1CCCCC1C(=O)O. The predicted molar refractivity (Wildman–Crippen MR) is 103 cm³/mol. The number of para-hydroxylation sites is 1. The molecule has 2 unspecified atom stereocenters. The minimum absolute atomic E-state index is 0.132. The summed E-state index contributed by atoms with van der Waals surface area (Å²) in [7, 11) is 1.67. The van der Waals surface area contributed by atoms with Crippen LogP contribution in [-0.2, 0) is 4.79 Å². The molecule has 0 radical (unpaired) electrons. The molecule has 0 spiro atoms. The molecule has 1 aliphatic heterocycles. The zero-order chi connectivity index (χ0) is 18.7. The molecule has 0 saturated carbocycles. The van der Waals surface area contributed by atoms with Gasteiger partial charge in [-0.1, -0.05) is 48.4 Å². The third kappa shape index (κ3) is 3.61. The summed E-state index contributed by atoms with van der Waals surface area (Å²) in [6.45, 7) is 4.94. The summed E-state index contributed by atoms with van der Waals surface area (Å²) in [4.78, 5) is 14.1. The number of carboxylic acid groups (broad SMARTS) is 1. The van der Waals surface area contributed by atoms with E-state index in [0.29, 0.717) is 6.42 Å². The Kier molecular flexibility index (Phi) is 5.62. The summed E-state index contributed by atoms with van der Waals surface area (Å²) in [5.41, 5.74) is 4.52. The highest BCUT2D eigenvalue weighted by molar-refractivity contribution is 5.74. The van der Waals surface area contributed by atoms with E-state index in [-0.39, 0.29) is 6.04 Å². The molecular weight excluding hydrogens is 326 g/mol. The number of ether oxygens (including phenoxy) is 1. The van der Waals surface area contributed by atoms with Crippen LogP contribution >= 0.6 is 0 Å². The molecule has 26 heavy (non-hydrogen) atoms. The van der Waals surface area contributed by atoms with Gasteiger partial charge in [-0.15, -0.1) is 0 Å². The highest BCUT2D eigenvalue weighted by Crippen LogP contribution is 2.39. The maximum Gasteiger partial charge on any atom is 0.320 e. The Morgan fingerprint density at radius 3 is 2.65 bits per heavy atom. The largest absolute Gasteiger partial charge is 0.496 e. The van der Waals surface area contributed by atoms with Gasteiger partial charge in [-0.3, -0.25) is 9.69 Å². The number of methoxy groups -OCH3 is 1. The molecule has 2 aromatic rings. The molecule has 0 aromatic heterocycles. The number of aliphatic carboxylic acids is 1. The van der Waals surface area contributed by atoms with Crippen molar-refractivity contribution in [3.05, 3.63) is 64.7 Å². The number of piperidine rings is 1. The van der Waals surface area contributed by atoms with Gasteiger partial charge in [-0.25, -0.2) is 0 Å². The molecule has 0 aliphatic carbocycles. The Hall–Kier alpha value is -2.33. The Morgan fingerprint density at radius 1 is 1.15 bits per heavy atom. The molecule has 1 heterocycles. The Morgan fingerprint density at radius 2 is 1.92 bits per heavy atom. The van der Waals surface area contributed by atoms with E-state index in [1.54, 1.807) is 7.11 Å². The molecule has 2 atom stereocenters. The van der Waals surface area contributed by atoms with Gasteiger partial charge < -0.3 is 9.84 Å². The lowest BCUT2D eigenvalue weighted by atomic mass is 9.88. The van der Waals surface area contributed by atoms with Gasteiger partial charge in [0.2, 0.25) is 0 Å². The van der Waals surface area contributed by atoms with E-state index in [1.165, 1.54) is 11.1 Å². The Balaban J connectivity index is 2.18. The van der Waals surface area contributed by atoms with E-state index < -0.39 is 12.0 Å². The number of carbonyl (C=O) groups is 1. The highest BCUT2D eigenvalue weighted by atomic mass is 16.5. The van der Waals surface area contributed by atoms with Crippen LogP contribution in [0, 0.1) is 13.8 Å². The lowest BCUT2D eigenvalue weighted by Crippen LogP contribution is -2.47. The van der Waals surface area contributed by atoms with Crippen molar-refractivity contribution in [2.45, 2.75) is 45.2 Å². The maximum absolute atomic E-state index is 12.0. The highest BCUT2D eigenvalue weighted by Gasteiger charge is 2.36. The van der Waals surface area contributed by atoms with Crippen molar-refractivity contribution in [3.8, 4) is 5.75 Å². The minimum atomic E-state index is -0.741. The predicted octanol–water partition coefficient (Wildman–Crippen LogP) is 4.34. The fourth-order valence-electron chi connectivity index (χ4n) is 4.00. The van der Waals surface area contributed by atoms with Gasteiger partial charge >= 0.3 is 5.97 Å². The van der Waals surface area contributed by atoms with Crippen LogP contribution in [0.1, 0.15) is 47.6 Å². The summed E-state index contributed by atoms with van der Waals surface area (Å²) >= 11 is 0. The number of carboxylic acids is 1. The van der Waals surface area contributed by atoms with Gasteiger partial charge in [0, 0.05) is 5.56 Å². The molecule has 138 valence electrons. The molecular formula is C22H27NO3. The van der Waals surface area contributed by atoms with Crippen LogP contribution in [0.15, 0.2) is 42.5 Å². The molecule has 0 bridgehead atoms. The number of rotatable bonds is 5. The second-order valence-corrected chi connectivity index (χ2v) is 7.09. The van der Waals surface area contributed by atoms with Gasteiger partial charge in [-0.05, 0) is 50.4 Å². The molecule has 4 nitrogen and oxygen atoms in total. The zero-order valence-corrected chi connectivity index (χ0v) is 15.7. The van der Waals surface area contributed by atoms with Crippen LogP contribution in [-0.4, -0.2) is 35.7 Å². The second-order valence-electron chi connectivity index (χ2n) is 7.09. The molecule has 1 fully saturated rings.